The molecule has 2 aromatic heterocycles. The van der Waals surface area contributed by atoms with E-state index >= 15 is 0 Å². The third-order valence-corrected chi connectivity index (χ3v) is 3.16. The molecule has 2 heterocycles. The van der Waals surface area contributed by atoms with Crippen molar-refractivity contribution in [1.82, 2.24) is 20.4 Å². The minimum Gasteiger partial charge on any atom is -0.476 e. The second kappa shape index (κ2) is 5.84. The second-order valence-electron chi connectivity index (χ2n) is 4.69. The Morgan fingerprint density at radius 2 is 1.96 bits per heavy atom. The number of carbonyl (C=O) groups is 1. The Morgan fingerprint density at radius 3 is 2.61 bits per heavy atom. The summed E-state index contributed by atoms with van der Waals surface area (Å²) in [5.74, 6) is -1.46. The lowest BCUT2D eigenvalue weighted by molar-refractivity contribution is 0.0687. The molecular weight excluding hydrogens is 303 g/mol. The topological polar surface area (TPSA) is 101 Å². The summed E-state index contributed by atoms with van der Waals surface area (Å²) in [6.07, 6.45) is 0. The number of nitrogens with one attached hydrogen (secondary N) is 1. The van der Waals surface area contributed by atoms with Gasteiger partial charge in [-0.05, 0) is 36.8 Å². The summed E-state index contributed by atoms with van der Waals surface area (Å²) in [5.41, 5.74) is 1.97. The Labute approximate surface area is 129 Å². The van der Waals surface area contributed by atoms with Crippen LogP contribution >= 0.6 is 0 Å². The van der Waals surface area contributed by atoms with Gasteiger partial charge in [0.25, 0.3) is 5.88 Å². The molecule has 23 heavy (non-hydrogen) atoms. The van der Waals surface area contributed by atoms with Gasteiger partial charge in [0.05, 0.1) is 0 Å². The van der Waals surface area contributed by atoms with Gasteiger partial charge in [0.1, 0.15) is 5.75 Å². The Bertz CT molecular complexity index is 861. The number of benzene rings is 1. The van der Waals surface area contributed by atoms with Crippen LogP contribution in [0.15, 0.2) is 36.4 Å². The first kappa shape index (κ1) is 14.6. The van der Waals surface area contributed by atoms with Crippen LogP contribution in [-0.4, -0.2) is 31.5 Å². The predicted molar refractivity (Wildman–Crippen MR) is 77.8 cm³/mol. The van der Waals surface area contributed by atoms with Crippen molar-refractivity contribution in [1.29, 1.82) is 0 Å². The number of pyridine rings is 1. The van der Waals surface area contributed by atoms with Crippen LogP contribution in [-0.2, 0) is 0 Å². The molecular formula is C15H11FN4O3. The van der Waals surface area contributed by atoms with Gasteiger partial charge in [-0.25, -0.2) is 14.9 Å². The minimum atomic E-state index is -1.21. The molecule has 0 aliphatic rings. The Balaban J connectivity index is 1.85. The molecule has 0 aliphatic carbocycles. The number of nitrogens with zero attached hydrogens (tertiary/aromatic N) is 3. The van der Waals surface area contributed by atoms with Crippen LogP contribution in [0.1, 0.15) is 16.2 Å². The summed E-state index contributed by atoms with van der Waals surface area (Å²) in [4.78, 5) is 14.7. The van der Waals surface area contributed by atoms with E-state index in [9.17, 15) is 9.18 Å². The first-order valence-corrected chi connectivity index (χ1v) is 6.60. The zero-order chi connectivity index (χ0) is 16.4. The van der Waals surface area contributed by atoms with E-state index in [1.165, 1.54) is 6.07 Å². The van der Waals surface area contributed by atoms with Gasteiger partial charge in [-0.1, -0.05) is 22.4 Å². The van der Waals surface area contributed by atoms with E-state index < -0.39 is 11.9 Å². The summed E-state index contributed by atoms with van der Waals surface area (Å²) >= 11 is 0. The fourth-order valence-electron chi connectivity index (χ4n) is 2.08. The number of hydrogen-bond donors (Lipinski definition) is 2. The van der Waals surface area contributed by atoms with E-state index in [0.717, 1.165) is 11.1 Å². The largest absolute Gasteiger partial charge is 0.476 e. The molecule has 0 fully saturated rings. The highest BCUT2D eigenvalue weighted by molar-refractivity contribution is 5.87. The summed E-state index contributed by atoms with van der Waals surface area (Å²) in [7, 11) is 0. The van der Waals surface area contributed by atoms with Gasteiger partial charge in [-0.15, -0.1) is 0 Å². The molecule has 3 aromatic rings. The molecule has 8 heteroatoms. The van der Waals surface area contributed by atoms with Crippen molar-refractivity contribution in [2.45, 2.75) is 6.92 Å². The van der Waals surface area contributed by atoms with Crippen LogP contribution < -0.4 is 4.74 Å². The van der Waals surface area contributed by atoms with Crippen LogP contribution in [0.3, 0.4) is 0 Å². The van der Waals surface area contributed by atoms with E-state index in [1.54, 1.807) is 37.3 Å². The van der Waals surface area contributed by atoms with Gasteiger partial charge in [0.15, 0.2) is 0 Å². The molecule has 3 rings (SSSR count). The number of ether oxygens (including phenoxy) is 1. The van der Waals surface area contributed by atoms with Gasteiger partial charge < -0.3 is 9.84 Å². The van der Waals surface area contributed by atoms with Crippen LogP contribution in [0.2, 0.25) is 0 Å². The lowest BCUT2D eigenvalue weighted by atomic mass is 10.0. The van der Waals surface area contributed by atoms with Crippen LogP contribution in [0.5, 0.6) is 11.6 Å². The van der Waals surface area contributed by atoms with Gasteiger partial charge in [-0.2, -0.15) is 4.39 Å². The van der Waals surface area contributed by atoms with Crippen molar-refractivity contribution in [2.75, 3.05) is 0 Å². The lowest BCUT2D eigenvalue weighted by Crippen LogP contribution is -1.99. The molecule has 7 nitrogen and oxygen atoms in total. The Hall–Kier alpha value is -3.29. The normalized spacial score (nSPS) is 10.5. The van der Waals surface area contributed by atoms with E-state index in [4.69, 9.17) is 9.84 Å². The molecule has 0 saturated carbocycles. The summed E-state index contributed by atoms with van der Waals surface area (Å²) in [5, 5.41) is 18.2. The molecule has 1 aromatic carbocycles. The number of hydrogen-bond acceptors (Lipinski definition) is 5. The fraction of sp³-hybridized carbons (Fsp3) is 0.0667. The second-order valence-corrected chi connectivity index (χ2v) is 4.69. The zero-order valence-corrected chi connectivity index (χ0v) is 11.9. The number of H-pyrrole nitrogens is 1. The standard InChI is InChI=1S/C15H11FN4O3/c1-8-11(6-7-12(16)17-8)9-2-4-10(5-3-9)23-14-13(15(21)22)18-20-19-14/h2-7H,1H3,(H,21,22)(H,18,19,20). The highest BCUT2D eigenvalue weighted by Crippen LogP contribution is 2.27. The van der Waals surface area contributed by atoms with Crippen LogP contribution in [0.4, 0.5) is 4.39 Å². The SMILES string of the molecule is Cc1nc(F)ccc1-c1ccc(Oc2nn[nH]c2C(=O)O)cc1. The maximum absolute atomic E-state index is 13.0. The van der Waals surface area contributed by atoms with Gasteiger partial charge in [0.2, 0.25) is 11.6 Å². The molecule has 2 N–H and O–H groups in total. The summed E-state index contributed by atoms with van der Waals surface area (Å²) in [6, 6.07) is 9.77. The molecule has 0 aliphatic heterocycles. The van der Waals surface area contributed by atoms with Crippen molar-refractivity contribution >= 4 is 5.97 Å². The molecule has 0 radical (unpaired) electrons. The van der Waals surface area contributed by atoms with Gasteiger partial charge >= 0.3 is 5.97 Å². The van der Waals surface area contributed by atoms with Crippen molar-refractivity contribution in [3.05, 3.63) is 53.7 Å². The number of carboxylic acid groups (broad SMARTS) is 1. The summed E-state index contributed by atoms with van der Waals surface area (Å²) < 4.78 is 18.4. The molecule has 0 spiro atoms. The highest BCUT2D eigenvalue weighted by atomic mass is 19.1. The smallest absolute Gasteiger partial charge is 0.359 e. The number of carboxylic acids is 1. The van der Waals surface area contributed by atoms with Gasteiger partial charge in [0, 0.05) is 11.3 Å². The van der Waals surface area contributed by atoms with Gasteiger partial charge in [-0.3, -0.25) is 0 Å². The average molecular weight is 314 g/mol. The van der Waals surface area contributed by atoms with E-state index in [1.807, 2.05) is 0 Å². The molecule has 116 valence electrons. The van der Waals surface area contributed by atoms with Crippen molar-refractivity contribution < 1.29 is 19.0 Å². The Kier molecular flexibility index (Phi) is 3.71. The number of aromatic amines is 1. The molecule has 0 saturated heterocycles. The number of aryl methyl sites for hydroxylation is 1. The molecule has 0 unspecified atom stereocenters. The first-order valence-electron chi connectivity index (χ1n) is 6.60. The maximum Gasteiger partial charge on any atom is 0.359 e. The maximum atomic E-state index is 13.0. The first-order chi connectivity index (χ1) is 11.0. The Morgan fingerprint density at radius 1 is 1.22 bits per heavy atom. The quantitative estimate of drug-likeness (QED) is 0.718. The molecule has 0 atom stereocenters. The number of aromatic carboxylic acids is 1. The van der Waals surface area contributed by atoms with E-state index in [2.05, 4.69) is 20.4 Å². The third kappa shape index (κ3) is 3.00. The van der Waals surface area contributed by atoms with Crippen LogP contribution in [0, 0.1) is 12.9 Å². The molecule has 0 bridgehead atoms. The average Bonchev–Trinajstić information content (AvgIpc) is 2.97. The number of rotatable bonds is 4. The number of aromatic nitrogens is 4. The van der Waals surface area contributed by atoms with E-state index in [0.29, 0.717) is 11.4 Å². The minimum absolute atomic E-state index is 0.120. The van der Waals surface area contributed by atoms with E-state index in [-0.39, 0.29) is 11.6 Å². The predicted octanol–water partition coefficient (Wildman–Crippen LogP) is 2.80. The van der Waals surface area contributed by atoms with Crippen LogP contribution in [0.25, 0.3) is 11.1 Å². The fourth-order valence-corrected chi connectivity index (χ4v) is 2.08. The monoisotopic (exact) mass is 314 g/mol. The summed E-state index contributed by atoms with van der Waals surface area (Å²) in [6.45, 7) is 1.72. The van der Waals surface area contributed by atoms with Crippen molar-refractivity contribution in [3.8, 4) is 22.8 Å². The zero-order valence-electron chi connectivity index (χ0n) is 11.9. The third-order valence-electron chi connectivity index (χ3n) is 3.16. The molecule has 0 amide bonds. The van der Waals surface area contributed by atoms with Crippen molar-refractivity contribution in [3.63, 3.8) is 0 Å². The lowest BCUT2D eigenvalue weighted by Gasteiger charge is -2.07. The van der Waals surface area contributed by atoms with Crippen molar-refractivity contribution in [2.24, 2.45) is 0 Å². The highest BCUT2D eigenvalue weighted by Gasteiger charge is 2.16. The number of halogens is 1.